The van der Waals surface area contributed by atoms with E-state index in [2.05, 4.69) is 37.6 Å². The van der Waals surface area contributed by atoms with Crippen molar-refractivity contribution in [1.82, 2.24) is 39.0 Å². The first-order valence-corrected chi connectivity index (χ1v) is 21.5. The summed E-state index contributed by atoms with van der Waals surface area (Å²) >= 11 is 0. The SMILES string of the molecule is C.C.Cc1ccc(F)cc1[C@H]1CCCN1c1ccn2ncc(NC(=O)N3CC[C@H](C)C3)c2n1.Cc1ccc(F)cc1[C@H]1CCCN1c1ccn2ncc(NC(=O)N3CC[C@H](O)C3)c2n1.[CH3-].[I-].[Na+]. The summed E-state index contributed by atoms with van der Waals surface area (Å²) in [4.78, 5) is 42.7. The summed E-state index contributed by atoms with van der Waals surface area (Å²) in [6, 6.07) is 13.5. The summed E-state index contributed by atoms with van der Waals surface area (Å²) < 4.78 is 31.1. The number of hydrogen-bond acceptors (Lipinski definition) is 9. The predicted molar refractivity (Wildman–Crippen MR) is 252 cm³/mol. The second kappa shape index (κ2) is 23.6. The van der Waals surface area contributed by atoms with E-state index in [1.54, 1.807) is 38.5 Å². The van der Waals surface area contributed by atoms with Crippen LogP contribution in [0.15, 0.2) is 73.3 Å². The number of aliphatic hydroxyl groups excluding tert-OH is 1. The Morgan fingerprint density at radius 1 is 0.672 bits per heavy atom. The average molecular weight is 1040 g/mol. The van der Waals surface area contributed by atoms with Crippen LogP contribution in [0, 0.1) is 38.8 Å². The molecule has 67 heavy (non-hydrogen) atoms. The van der Waals surface area contributed by atoms with Crippen molar-refractivity contribution in [2.45, 2.75) is 92.3 Å². The summed E-state index contributed by atoms with van der Waals surface area (Å²) in [6.45, 7) is 10.2. The number of urea groups is 2. The van der Waals surface area contributed by atoms with Gasteiger partial charge in [0.25, 0.3) is 0 Å². The molecular formula is C48H63F2IN12NaO3-. The van der Waals surface area contributed by atoms with Crippen LogP contribution in [0.5, 0.6) is 0 Å². The smallest absolute Gasteiger partial charge is 1.00 e. The summed E-state index contributed by atoms with van der Waals surface area (Å²) in [5.41, 5.74) is 6.40. The van der Waals surface area contributed by atoms with E-state index in [0.29, 0.717) is 48.1 Å². The van der Waals surface area contributed by atoms with Crippen molar-refractivity contribution in [3.63, 3.8) is 0 Å². The van der Waals surface area contributed by atoms with Crippen LogP contribution in [0.2, 0.25) is 0 Å². The number of anilines is 4. The van der Waals surface area contributed by atoms with Gasteiger partial charge in [0.05, 0.1) is 30.6 Å². The van der Waals surface area contributed by atoms with E-state index in [-0.39, 0.29) is 112 Å². The van der Waals surface area contributed by atoms with Crippen molar-refractivity contribution in [2.75, 3.05) is 59.7 Å². The third-order valence-corrected chi connectivity index (χ3v) is 12.6. The molecule has 4 amide bonds. The van der Waals surface area contributed by atoms with E-state index in [1.165, 1.54) is 12.1 Å². The molecular weight excluding hydrogens is 980 g/mol. The number of carbonyl (C=O) groups excluding carboxylic acids is 2. The minimum absolute atomic E-state index is 0. The van der Waals surface area contributed by atoms with E-state index in [0.717, 1.165) is 92.2 Å². The van der Waals surface area contributed by atoms with Crippen molar-refractivity contribution in [3.05, 3.63) is 115 Å². The molecule has 19 heteroatoms. The number of carbonyl (C=O) groups is 2. The zero-order valence-corrected chi connectivity index (χ0v) is 41.8. The summed E-state index contributed by atoms with van der Waals surface area (Å²) in [6.07, 6.45) is 11.9. The van der Waals surface area contributed by atoms with Crippen molar-refractivity contribution in [2.24, 2.45) is 5.92 Å². The molecule has 0 bridgehead atoms. The second-order valence-corrected chi connectivity index (χ2v) is 17.0. The summed E-state index contributed by atoms with van der Waals surface area (Å²) in [5.74, 6) is 1.66. The molecule has 4 fully saturated rings. The number of nitrogens with zero attached hydrogens (tertiary/aromatic N) is 10. The molecule has 3 N–H and O–H groups in total. The molecule has 8 heterocycles. The Hall–Kier alpha value is -4.63. The number of amides is 4. The Labute approximate surface area is 432 Å². The third-order valence-electron chi connectivity index (χ3n) is 12.6. The number of nitrogens with one attached hydrogen (secondary N) is 2. The van der Waals surface area contributed by atoms with Crippen molar-refractivity contribution < 1.29 is 77.0 Å². The second-order valence-electron chi connectivity index (χ2n) is 17.0. The fourth-order valence-electron chi connectivity index (χ4n) is 9.32. The maximum Gasteiger partial charge on any atom is 1.00 e. The van der Waals surface area contributed by atoms with Gasteiger partial charge in [-0.2, -0.15) is 10.2 Å². The monoisotopic (exact) mass is 1040 g/mol. The topological polar surface area (TPSA) is 152 Å². The number of benzene rings is 2. The largest absolute Gasteiger partial charge is 1.00 e. The van der Waals surface area contributed by atoms with Crippen molar-refractivity contribution in [1.29, 1.82) is 0 Å². The number of halogens is 3. The van der Waals surface area contributed by atoms with Gasteiger partial charge < -0.3 is 66.7 Å². The quantitative estimate of drug-likeness (QED) is 0.130. The van der Waals surface area contributed by atoms with Gasteiger partial charge >= 0.3 is 41.6 Å². The minimum atomic E-state index is -0.474. The van der Waals surface area contributed by atoms with Crippen LogP contribution in [-0.4, -0.2) is 102 Å². The van der Waals surface area contributed by atoms with E-state index in [9.17, 15) is 23.5 Å². The van der Waals surface area contributed by atoms with E-state index in [1.807, 2.05) is 55.4 Å². The number of β-amino-alcohol motifs (C(OH)–C–C–N with tert-alkyl or cyclic N) is 1. The third kappa shape index (κ3) is 11.8. The van der Waals surface area contributed by atoms with Gasteiger partial charge in [-0.25, -0.2) is 37.4 Å². The zero-order valence-electron chi connectivity index (χ0n) is 37.6. The molecule has 0 radical (unpaired) electrons. The van der Waals surface area contributed by atoms with Crippen LogP contribution in [0.1, 0.15) is 94.6 Å². The molecule has 4 aliphatic heterocycles. The molecule has 15 nitrogen and oxygen atoms in total. The fraction of sp³-hybridized carbons (Fsp3) is 0.438. The Bertz CT molecular complexity index is 2450. The van der Waals surface area contributed by atoms with Gasteiger partial charge in [-0.15, -0.1) is 0 Å². The minimum Gasteiger partial charge on any atom is -1.00 e. The molecule has 356 valence electrons. The van der Waals surface area contributed by atoms with E-state index in [4.69, 9.17) is 9.97 Å². The Morgan fingerprint density at radius 2 is 1.12 bits per heavy atom. The van der Waals surface area contributed by atoms with E-state index >= 15 is 0 Å². The molecule has 4 atom stereocenters. The average Bonchev–Trinajstić information content (AvgIpc) is 4.13. The van der Waals surface area contributed by atoms with E-state index < -0.39 is 6.10 Å². The van der Waals surface area contributed by atoms with Gasteiger partial charge in [0.2, 0.25) is 0 Å². The van der Waals surface area contributed by atoms with Crippen LogP contribution < -0.4 is 74.0 Å². The molecule has 2 aromatic carbocycles. The maximum atomic E-state index is 13.9. The summed E-state index contributed by atoms with van der Waals surface area (Å²) in [7, 11) is 0. The van der Waals surface area contributed by atoms with Crippen LogP contribution in [-0.2, 0) is 0 Å². The van der Waals surface area contributed by atoms with Gasteiger partial charge in [-0.1, -0.05) is 33.9 Å². The predicted octanol–water partition coefficient (Wildman–Crippen LogP) is 3.24. The van der Waals surface area contributed by atoms with Crippen LogP contribution in [0.4, 0.5) is 41.4 Å². The molecule has 0 unspecified atom stereocenters. The normalized spacial score (nSPS) is 19.7. The number of aliphatic hydroxyl groups is 1. The van der Waals surface area contributed by atoms with Gasteiger partial charge in [0.1, 0.15) is 34.6 Å². The van der Waals surface area contributed by atoms with Gasteiger partial charge in [-0.3, -0.25) is 0 Å². The molecule has 0 spiro atoms. The number of rotatable bonds is 6. The zero-order chi connectivity index (χ0) is 43.1. The molecule has 10 rings (SSSR count). The maximum absolute atomic E-state index is 13.9. The first-order chi connectivity index (χ1) is 30.0. The molecule has 4 aromatic heterocycles. The molecule has 0 aliphatic carbocycles. The number of fused-ring (bicyclic) bond motifs is 2. The number of aryl methyl sites for hydroxylation is 2. The van der Waals surface area contributed by atoms with Crippen LogP contribution in [0.3, 0.4) is 0 Å². The Morgan fingerprint density at radius 3 is 1.54 bits per heavy atom. The molecule has 4 aliphatic rings. The van der Waals surface area contributed by atoms with Gasteiger partial charge in [-0.05, 0) is 117 Å². The standard InChI is InChI=1S/C23H27FN6O.C22H25FN6O2.2CH4.CH3.HI.Na/c1-15-7-10-28(14-15)23(31)26-19-13-25-30-11-8-21(27-22(19)30)29-9-3-4-20(29)18-12-17(24)6-5-16(18)2;1-14-4-5-15(23)11-17(14)19-3-2-8-28(19)20-7-10-29-21(26-20)18(12-24-29)25-22(31)27-9-6-16(30)13-27;;;;;/h5-6,8,11-13,15,20H,3-4,7,9-10,14H2,1-2H3,(H,26,31);4-5,7,10-12,16,19,30H,2-3,6,8-9,13H2,1H3,(H,25,31);2*1H4;1H3;1H;/q;;;;-1;;+1/p-1/t15-,20+;16-,19+;;;;;/m00...../s1. The van der Waals surface area contributed by atoms with Crippen molar-refractivity contribution in [3.8, 4) is 0 Å². The van der Waals surface area contributed by atoms with Gasteiger partial charge in [0, 0.05) is 51.7 Å². The molecule has 0 saturated carbocycles. The van der Waals surface area contributed by atoms with Gasteiger partial charge in [0.15, 0.2) is 11.3 Å². The number of hydrogen-bond donors (Lipinski definition) is 3. The number of likely N-dealkylation sites (tertiary alicyclic amines) is 2. The van der Waals surface area contributed by atoms with Crippen LogP contribution >= 0.6 is 0 Å². The van der Waals surface area contributed by atoms with Crippen molar-refractivity contribution >= 4 is 46.4 Å². The molecule has 6 aromatic rings. The first-order valence-electron chi connectivity index (χ1n) is 21.5. The summed E-state index contributed by atoms with van der Waals surface area (Å²) in [5, 5.41) is 24.1. The Balaban J connectivity index is 0.000000272. The Kier molecular flexibility index (Phi) is 19.4. The first kappa shape index (κ1) is 55.0. The fourth-order valence-corrected chi connectivity index (χ4v) is 9.32. The molecule has 4 saturated heterocycles. The number of aromatic nitrogens is 6. The van der Waals surface area contributed by atoms with Crippen LogP contribution in [0.25, 0.3) is 11.3 Å².